The minimum absolute atomic E-state index is 0.0229. The van der Waals surface area contributed by atoms with Crippen molar-refractivity contribution >= 4 is 5.78 Å². The molecule has 1 fully saturated rings. The fraction of sp³-hybridized carbons (Fsp3) is 0.500. The van der Waals surface area contributed by atoms with Crippen LogP contribution in [-0.4, -0.2) is 29.2 Å². The molecule has 0 saturated carbocycles. The summed E-state index contributed by atoms with van der Waals surface area (Å²) in [5.74, 6) is -0.0229. The highest BCUT2D eigenvalue weighted by Gasteiger charge is 2.49. The quantitative estimate of drug-likeness (QED) is 0.434. The van der Waals surface area contributed by atoms with Crippen LogP contribution in [0.2, 0.25) is 0 Å². The number of ketones is 1. The van der Waals surface area contributed by atoms with Gasteiger partial charge in [0.2, 0.25) is 0 Å². The van der Waals surface area contributed by atoms with Gasteiger partial charge in [-0.15, -0.1) is 0 Å². The Morgan fingerprint density at radius 2 is 2.44 bits per heavy atom. The molecule has 0 spiro atoms. The van der Waals surface area contributed by atoms with Crippen molar-refractivity contribution in [3.05, 3.63) is 12.2 Å². The lowest BCUT2D eigenvalue weighted by Gasteiger charge is -2.02. The summed E-state index contributed by atoms with van der Waals surface area (Å²) in [7, 11) is 0. The number of fused-ring (bicyclic) bond motifs is 1. The number of epoxide rings is 1. The number of hydrogen-bond donors (Lipinski definition) is 1. The molecule has 0 bridgehead atoms. The van der Waals surface area contributed by atoms with E-state index in [0.717, 1.165) is 0 Å². The summed E-state index contributed by atoms with van der Waals surface area (Å²) >= 11 is 0. The zero-order chi connectivity index (χ0) is 6.43. The van der Waals surface area contributed by atoms with E-state index in [1.807, 2.05) is 0 Å². The molecule has 1 aliphatic heterocycles. The second kappa shape index (κ2) is 1.43. The highest BCUT2D eigenvalue weighted by Crippen LogP contribution is 2.30. The van der Waals surface area contributed by atoms with E-state index < -0.39 is 6.10 Å². The van der Waals surface area contributed by atoms with E-state index in [2.05, 4.69) is 0 Å². The average molecular weight is 126 g/mol. The van der Waals surface area contributed by atoms with E-state index in [1.165, 1.54) is 12.2 Å². The molecule has 3 nitrogen and oxygen atoms in total. The SMILES string of the molecule is O=C1C=CC(O)C2OC12. The van der Waals surface area contributed by atoms with Crippen molar-refractivity contribution in [1.82, 2.24) is 0 Å². The first-order valence-electron chi connectivity index (χ1n) is 2.84. The van der Waals surface area contributed by atoms with Crippen LogP contribution in [-0.2, 0) is 9.53 Å². The molecule has 0 amide bonds. The Morgan fingerprint density at radius 3 is 3.11 bits per heavy atom. The summed E-state index contributed by atoms with van der Waals surface area (Å²) in [4.78, 5) is 10.7. The van der Waals surface area contributed by atoms with Crippen molar-refractivity contribution in [2.45, 2.75) is 18.3 Å². The molecule has 0 radical (unpaired) electrons. The normalized spacial score (nSPS) is 46.8. The summed E-state index contributed by atoms with van der Waals surface area (Å²) in [6, 6.07) is 0. The standard InChI is InChI=1S/C6H6O3/c7-3-1-2-4(8)6-5(3)9-6/h1-3,5-7H. The van der Waals surface area contributed by atoms with Crippen LogP contribution in [0.4, 0.5) is 0 Å². The van der Waals surface area contributed by atoms with Crippen LogP contribution in [0.1, 0.15) is 0 Å². The lowest BCUT2D eigenvalue weighted by molar-refractivity contribution is -0.115. The van der Waals surface area contributed by atoms with Gasteiger partial charge in [0.15, 0.2) is 5.78 Å². The molecule has 1 saturated heterocycles. The summed E-state index contributed by atoms with van der Waals surface area (Å²) in [5.41, 5.74) is 0. The first-order chi connectivity index (χ1) is 4.29. The van der Waals surface area contributed by atoms with Crippen molar-refractivity contribution in [2.75, 3.05) is 0 Å². The predicted molar refractivity (Wildman–Crippen MR) is 28.8 cm³/mol. The van der Waals surface area contributed by atoms with Crippen molar-refractivity contribution in [1.29, 1.82) is 0 Å². The zero-order valence-corrected chi connectivity index (χ0v) is 4.65. The van der Waals surface area contributed by atoms with Gasteiger partial charge in [0.1, 0.15) is 18.3 Å². The minimum atomic E-state index is -0.562. The van der Waals surface area contributed by atoms with Gasteiger partial charge in [0.05, 0.1) is 0 Å². The van der Waals surface area contributed by atoms with Crippen LogP contribution in [0.15, 0.2) is 12.2 Å². The number of carbonyl (C=O) groups is 1. The second-order valence-corrected chi connectivity index (χ2v) is 2.27. The van der Waals surface area contributed by atoms with Gasteiger partial charge in [0, 0.05) is 0 Å². The van der Waals surface area contributed by atoms with Crippen molar-refractivity contribution in [3.63, 3.8) is 0 Å². The molecule has 48 valence electrons. The number of hydrogen-bond acceptors (Lipinski definition) is 3. The van der Waals surface area contributed by atoms with Gasteiger partial charge in [-0.05, 0) is 12.2 Å². The largest absolute Gasteiger partial charge is 0.386 e. The number of ether oxygens (including phenoxy) is 1. The first-order valence-corrected chi connectivity index (χ1v) is 2.84. The smallest absolute Gasteiger partial charge is 0.186 e. The first kappa shape index (κ1) is 5.14. The molecular weight excluding hydrogens is 120 g/mol. The third-order valence-electron chi connectivity index (χ3n) is 1.60. The van der Waals surface area contributed by atoms with E-state index in [1.54, 1.807) is 0 Å². The molecule has 0 aromatic rings. The lowest BCUT2D eigenvalue weighted by Crippen LogP contribution is -2.22. The van der Waals surface area contributed by atoms with Crippen LogP contribution in [0.5, 0.6) is 0 Å². The van der Waals surface area contributed by atoms with Crippen molar-refractivity contribution < 1.29 is 14.6 Å². The maximum Gasteiger partial charge on any atom is 0.186 e. The Labute approximate surface area is 51.9 Å². The third-order valence-corrected chi connectivity index (χ3v) is 1.60. The van der Waals surface area contributed by atoms with Gasteiger partial charge >= 0.3 is 0 Å². The second-order valence-electron chi connectivity index (χ2n) is 2.27. The van der Waals surface area contributed by atoms with Crippen molar-refractivity contribution in [3.8, 4) is 0 Å². The van der Waals surface area contributed by atoms with Gasteiger partial charge in [-0.3, -0.25) is 4.79 Å². The van der Waals surface area contributed by atoms with Crippen LogP contribution in [0.25, 0.3) is 0 Å². The van der Waals surface area contributed by atoms with E-state index in [9.17, 15) is 4.79 Å². The van der Waals surface area contributed by atoms with Gasteiger partial charge in [-0.25, -0.2) is 0 Å². The van der Waals surface area contributed by atoms with Crippen LogP contribution < -0.4 is 0 Å². The van der Waals surface area contributed by atoms with E-state index >= 15 is 0 Å². The topological polar surface area (TPSA) is 49.8 Å². The predicted octanol–water partition coefficient (Wildman–Crippen LogP) is -0.746. The van der Waals surface area contributed by atoms with E-state index in [-0.39, 0.29) is 18.0 Å². The number of aliphatic hydroxyl groups is 1. The number of carbonyl (C=O) groups excluding carboxylic acids is 1. The summed E-state index contributed by atoms with van der Waals surface area (Å²) in [5, 5.41) is 8.97. The molecule has 1 N–H and O–H groups in total. The average Bonchev–Trinajstić information content (AvgIpc) is 2.57. The Balaban J connectivity index is 2.25. The molecule has 3 heteroatoms. The third kappa shape index (κ3) is 0.620. The fourth-order valence-electron chi connectivity index (χ4n) is 1.01. The Morgan fingerprint density at radius 1 is 1.67 bits per heavy atom. The number of aliphatic hydroxyl groups excluding tert-OH is 1. The van der Waals surface area contributed by atoms with Gasteiger partial charge in [-0.1, -0.05) is 0 Å². The van der Waals surface area contributed by atoms with Crippen molar-refractivity contribution in [2.24, 2.45) is 0 Å². The summed E-state index contributed by atoms with van der Waals surface area (Å²) < 4.78 is 4.84. The Bertz CT molecular complexity index is 183. The maximum atomic E-state index is 10.7. The minimum Gasteiger partial charge on any atom is -0.386 e. The molecular formula is C6H6O3. The molecule has 1 aliphatic carbocycles. The highest BCUT2D eigenvalue weighted by molar-refractivity contribution is 5.97. The summed E-state index contributed by atoms with van der Waals surface area (Å²) in [6.45, 7) is 0. The summed E-state index contributed by atoms with van der Waals surface area (Å²) in [6.07, 6.45) is 1.72. The van der Waals surface area contributed by atoms with Gasteiger partial charge in [0.25, 0.3) is 0 Å². The maximum absolute atomic E-state index is 10.7. The Kier molecular flexibility index (Phi) is 0.817. The molecule has 3 unspecified atom stereocenters. The van der Waals surface area contributed by atoms with Crippen LogP contribution >= 0.6 is 0 Å². The highest BCUT2D eigenvalue weighted by atomic mass is 16.6. The molecule has 1 heterocycles. The molecule has 3 atom stereocenters. The van der Waals surface area contributed by atoms with E-state index in [0.29, 0.717) is 0 Å². The molecule has 9 heavy (non-hydrogen) atoms. The molecule has 0 aromatic heterocycles. The van der Waals surface area contributed by atoms with E-state index in [4.69, 9.17) is 9.84 Å². The molecule has 2 rings (SSSR count). The monoisotopic (exact) mass is 126 g/mol. The van der Waals surface area contributed by atoms with Crippen LogP contribution in [0, 0.1) is 0 Å². The number of rotatable bonds is 0. The van der Waals surface area contributed by atoms with Crippen LogP contribution in [0.3, 0.4) is 0 Å². The molecule has 2 aliphatic rings. The fourth-order valence-corrected chi connectivity index (χ4v) is 1.01. The zero-order valence-electron chi connectivity index (χ0n) is 4.65. The van der Waals surface area contributed by atoms with Gasteiger partial charge < -0.3 is 9.84 Å². The Hall–Kier alpha value is -0.670. The van der Waals surface area contributed by atoms with Gasteiger partial charge in [-0.2, -0.15) is 0 Å². The lowest BCUT2D eigenvalue weighted by atomic mass is 10.0. The molecule has 0 aromatic carbocycles.